The Balaban J connectivity index is 1.61. The third kappa shape index (κ3) is 5.19. The Hall–Kier alpha value is -3.90. The van der Waals surface area contributed by atoms with Gasteiger partial charge in [0, 0.05) is 18.8 Å². The van der Waals surface area contributed by atoms with Gasteiger partial charge in [-0.25, -0.2) is 4.98 Å². The van der Waals surface area contributed by atoms with Crippen molar-refractivity contribution in [3.8, 4) is 6.07 Å². The second kappa shape index (κ2) is 10.8. The van der Waals surface area contributed by atoms with Crippen LogP contribution in [0.1, 0.15) is 49.2 Å². The molecular formula is C27H32N6O3. The number of carbonyl (C=O) groups excluding carboxylic acids is 2. The highest BCUT2D eigenvalue weighted by molar-refractivity contribution is 5.91. The van der Waals surface area contributed by atoms with Gasteiger partial charge >= 0.3 is 5.97 Å². The quantitative estimate of drug-likeness (QED) is 0.395. The number of aromatic amines is 1. The SMILES string of the molecule is CCOC(=O)CN[C@@](C)(C(=O)N1CCCC1)c1ccc2[nH]c(CNc3ccc(C#N)cc3)nc2c1C. The molecule has 0 aliphatic carbocycles. The van der Waals surface area contributed by atoms with E-state index in [1.807, 2.05) is 43.0 Å². The minimum absolute atomic E-state index is 0.0509. The van der Waals surface area contributed by atoms with Crippen LogP contribution < -0.4 is 10.6 Å². The number of likely N-dealkylation sites (tertiary alicyclic amines) is 1. The number of carbonyl (C=O) groups is 2. The summed E-state index contributed by atoms with van der Waals surface area (Å²) in [6.07, 6.45) is 1.96. The van der Waals surface area contributed by atoms with E-state index in [4.69, 9.17) is 15.0 Å². The molecule has 9 heteroatoms. The van der Waals surface area contributed by atoms with Gasteiger partial charge in [0.2, 0.25) is 5.91 Å². The van der Waals surface area contributed by atoms with Gasteiger partial charge in [-0.2, -0.15) is 5.26 Å². The highest BCUT2D eigenvalue weighted by Gasteiger charge is 2.41. The largest absolute Gasteiger partial charge is 0.465 e. The number of nitriles is 1. The number of aryl methyl sites for hydroxylation is 1. The fraction of sp³-hybridized carbons (Fsp3) is 0.407. The molecule has 0 saturated carbocycles. The molecule has 1 aromatic heterocycles. The number of hydrogen-bond donors (Lipinski definition) is 3. The molecule has 3 N–H and O–H groups in total. The lowest BCUT2D eigenvalue weighted by molar-refractivity contribution is -0.143. The monoisotopic (exact) mass is 488 g/mol. The van der Waals surface area contributed by atoms with E-state index in [1.54, 1.807) is 19.1 Å². The smallest absolute Gasteiger partial charge is 0.319 e. The first-order valence-electron chi connectivity index (χ1n) is 12.3. The standard InChI is InChI=1S/C27H32N6O3/c1-4-36-24(34)17-30-27(3,26(35)33-13-5-6-14-33)21-11-12-22-25(18(21)2)32-23(31-22)16-29-20-9-7-19(15-28)8-10-20/h7-12,29-30H,4-6,13-14,16-17H2,1-3H3,(H,31,32)/t27-/m1/s1. The molecule has 1 saturated heterocycles. The number of fused-ring (bicyclic) bond motifs is 1. The third-order valence-corrected chi connectivity index (χ3v) is 6.68. The van der Waals surface area contributed by atoms with Gasteiger partial charge in [0.1, 0.15) is 11.4 Å². The topological polar surface area (TPSA) is 123 Å². The van der Waals surface area contributed by atoms with Crippen LogP contribution >= 0.6 is 0 Å². The summed E-state index contributed by atoms with van der Waals surface area (Å²) in [6.45, 7) is 7.67. The molecule has 4 rings (SSSR count). The number of esters is 1. The van der Waals surface area contributed by atoms with E-state index in [2.05, 4.69) is 21.7 Å². The summed E-state index contributed by atoms with van der Waals surface area (Å²) in [4.78, 5) is 35.8. The van der Waals surface area contributed by atoms with Crippen LogP contribution in [0.3, 0.4) is 0 Å². The second-order valence-corrected chi connectivity index (χ2v) is 9.14. The zero-order chi connectivity index (χ0) is 25.7. The average Bonchev–Trinajstić information content (AvgIpc) is 3.57. The normalized spacial score (nSPS) is 14.9. The fourth-order valence-electron chi connectivity index (χ4n) is 4.72. The lowest BCUT2D eigenvalue weighted by atomic mass is 9.86. The number of benzene rings is 2. The van der Waals surface area contributed by atoms with Crippen LogP contribution in [0.2, 0.25) is 0 Å². The summed E-state index contributed by atoms with van der Waals surface area (Å²) < 4.78 is 5.09. The summed E-state index contributed by atoms with van der Waals surface area (Å²) >= 11 is 0. The van der Waals surface area contributed by atoms with Crippen LogP contribution in [0.15, 0.2) is 36.4 Å². The predicted molar refractivity (Wildman–Crippen MR) is 137 cm³/mol. The van der Waals surface area contributed by atoms with Crippen molar-refractivity contribution in [2.24, 2.45) is 0 Å². The van der Waals surface area contributed by atoms with E-state index in [0.29, 0.717) is 25.2 Å². The van der Waals surface area contributed by atoms with Crippen molar-refractivity contribution >= 4 is 28.6 Å². The van der Waals surface area contributed by atoms with Gasteiger partial charge in [0.15, 0.2) is 0 Å². The lowest BCUT2D eigenvalue weighted by Crippen LogP contribution is -2.54. The molecule has 1 amide bonds. The zero-order valence-corrected chi connectivity index (χ0v) is 21.0. The Kier molecular flexibility index (Phi) is 7.55. The van der Waals surface area contributed by atoms with E-state index in [9.17, 15) is 9.59 Å². The molecule has 0 unspecified atom stereocenters. The van der Waals surface area contributed by atoms with Crippen LogP contribution in [-0.4, -0.2) is 53.0 Å². The van der Waals surface area contributed by atoms with Gasteiger partial charge in [0.05, 0.1) is 42.4 Å². The number of hydrogen-bond acceptors (Lipinski definition) is 7. The number of ether oxygens (including phenoxy) is 1. The minimum Gasteiger partial charge on any atom is -0.465 e. The Labute approximate surface area is 210 Å². The van der Waals surface area contributed by atoms with Gasteiger partial charge < -0.3 is 19.9 Å². The van der Waals surface area contributed by atoms with Gasteiger partial charge in [0.25, 0.3) is 0 Å². The number of nitrogens with one attached hydrogen (secondary N) is 3. The number of imidazole rings is 1. The molecule has 2 aromatic carbocycles. The van der Waals surface area contributed by atoms with Crippen molar-refractivity contribution in [3.63, 3.8) is 0 Å². The molecule has 0 spiro atoms. The Bertz CT molecular complexity index is 1290. The summed E-state index contributed by atoms with van der Waals surface area (Å²) in [5, 5.41) is 15.5. The molecule has 0 radical (unpaired) electrons. The van der Waals surface area contributed by atoms with Crippen LogP contribution in [0.25, 0.3) is 11.0 Å². The minimum atomic E-state index is -1.10. The van der Waals surface area contributed by atoms with E-state index >= 15 is 0 Å². The highest BCUT2D eigenvalue weighted by Crippen LogP contribution is 2.32. The molecule has 1 atom stereocenters. The number of rotatable bonds is 9. The maximum atomic E-state index is 13.7. The number of aromatic nitrogens is 2. The molecule has 2 heterocycles. The molecule has 3 aromatic rings. The average molecular weight is 489 g/mol. The number of anilines is 1. The van der Waals surface area contributed by atoms with Crippen LogP contribution in [0.4, 0.5) is 5.69 Å². The van der Waals surface area contributed by atoms with Crippen molar-refractivity contribution in [1.29, 1.82) is 5.26 Å². The zero-order valence-electron chi connectivity index (χ0n) is 21.0. The highest BCUT2D eigenvalue weighted by atomic mass is 16.5. The Morgan fingerprint density at radius 3 is 2.58 bits per heavy atom. The van der Waals surface area contributed by atoms with Crippen molar-refractivity contribution in [1.82, 2.24) is 20.2 Å². The van der Waals surface area contributed by atoms with E-state index in [-0.39, 0.29) is 19.1 Å². The van der Waals surface area contributed by atoms with Crippen LogP contribution in [0, 0.1) is 18.3 Å². The third-order valence-electron chi connectivity index (χ3n) is 6.68. The molecule has 1 aliphatic heterocycles. The first kappa shape index (κ1) is 25.2. The van der Waals surface area contributed by atoms with Crippen molar-refractivity contribution in [3.05, 3.63) is 58.9 Å². The lowest BCUT2D eigenvalue weighted by Gasteiger charge is -2.35. The van der Waals surface area contributed by atoms with E-state index in [1.165, 1.54) is 0 Å². The fourth-order valence-corrected chi connectivity index (χ4v) is 4.72. The van der Waals surface area contributed by atoms with Crippen LogP contribution in [-0.2, 0) is 26.4 Å². The molecule has 188 valence electrons. The van der Waals surface area contributed by atoms with Gasteiger partial charge in [-0.1, -0.05) is 6.07 Å². The van der Waals surface area contributed by atoms with Crippen LogP contribution in [0.5, 0.6) is 0 Å². The van der Waals surface area contributed by atoms with Crippen molar-refractivity contribution in [2.45, 2.75) is 45.7 Å². The second-order valence-electron chi connectivity index (χ2n) is 9.14. The van der Waals surface area contributed by atoms with E-state index < -0.39 is 11.5 Å². The molecule has 36 heavy (non-hydrogen) atoms. The summed E-state index contributed by atoms with van der Waals surface area (Å²) in [5.41, 5.74) is 3.70. The molecule has 9 nitrogen and oxygen atoms in total. The first-order valence-corrected chi connectivity index (χ1v) is 12.3. The van der Waals surface area contributed by atoms with E-state index in [0.717, 1.165) is 46.5 Å². The molecule has 0 bridgehead atoms. The number of amides is 1. The summed E-state index contributed by atoms with van der Waals surface area (Å²) in [7, 11) is 0. The predicted octanol–water partition coefficient (Wildman–Crippen LogP) is 3.35. The van der Waals surface area contributed by atoms with Gasteiger partial charge in [-0.3, -0.25) is 14.9 Å². The van der Waals surface area contributed by atoms with Gasteiger partial charge in [-0.15, -0.1) is 0 Å². The molecular weight excluding hydrogens is 456 g/mol. The Morgan fingerprint density at radius 2 is 1.92 bits per heavy atom. The van der Waals surface area contributed by atoms with Gasteiger partial charge in [-0.05, 0) is 75.1 Å². The molecule has 1 aliphatic rings. The van der Waals surface area contributed by atoms with Crippen molar-refractivity contribution in [2.75, 3.05) is 31.6 Å². The number of H-pyrrole nitrogens is 1. The summed E-state index contributed by atoms with van der Waals surface area (Å²) in [5.74, 6) is 0.305. The maximum Gasteiger partial charge on any atom is 0.319 e. The Morgan fingerprint density at radius 1 is 1.19 bits per heavy atom. The first-order chi connectivity index (χ1) is 17.4. The summed E-state index contributed by atoms with van der Waals surface area (Å²) in [6, 6.07) is 13.2. The van der Waals surface area contributed by atoms with Crippen molar-refractivity contribution < 1.29 is 14.3 Å². The molecule has 1 fully saturated rings. The number of nitrogens with zero attached hydrogens (tertiary/aromatic N) is 3. The maximum absolute atomic E-state index is 13.7.